The van der Waals surface area contributed by atoms with Crippen molar-refractivity contribution in [3.05, 3.63) is 38.9 Å². The van der Waals surface area contributed by atoms with Crippen LogP contribution < -0.4 is 10.2 Å². The zero-order valence-electron chi connectivity index (χ0n) is 13.9. The Balaban J connectivity index is 1.91. The van der Waals surface area contributed by atoms with Crippen LogP contribution in [-0.4, -0.2) is 34.1 Å². The number of nitrogens with zero attached hydrogens (tertiary/aromatic N) is 4. The topological polar surface area (TPSA) is 101 Å². The maximum atomic E-state index is 12.7. The van der Waals surface area contributed by atoms with Gasteiger partial charge in [-0.15, -0.1) is 10.2 Å². The van der Waals surface area contributed by atoms with E-state index in [0.717, 1.165) is 49.5 Å². The minimum atomic E-state index is -0.489. The molecule has 0 radical (unpaired) electrons. The van der Waals surface area contributed by atoms with Crippen LogP contribution in [0.3, 0.4) is 0 Å². The Morgan fingerprint density at radius 2 is 2.08 bits per heavy atom. The third-order valence-corrected chi connectivity index (χ3v) is 5.11. The predicted octanol–water partition coefficient (Wildman–Crippen LogP) is 3.25. The van der Waals surface area contributed by atoms with E-state index in [1.54, 1.807) is 6.07 Å². The molecule has 1 N–H and O–H groups in total. The van der Waals surface area contributed by atoms with Gasteiger partial charge in [0.05, 0.1) is 16.2 Å². The molecule has 2 aromatic rings. The van der Waals surface area contributed by atoms with Gasteiger partial charge in [-0.25, -0.2) is 0 Å². The summed E-state index contributed by atoms with van der Waals surface area (Å²) in [6, 6.07) is 4.44. The fourth-order valence-electron chi connectivity index (χ4n) is 2.84. The summed E-state index contributed by atoms with van der Waals surface area (Å²) >= 11 is 1.31. The lowest BCUT2D eigenvalue weighted by Gasteiger charge is -2.30. The lowest BCUT2D eigenvalue weighted by Crippen LogP contribution is -2.31. The lowest BCUT2D eigenvalue weighted by atomic mass is 10.1. The van der Waals surface area contributed by atoms with E-state index in [1.165, 1.54) is 23.5 Å². The number of hydrogen-bond donors (Lipinski definition) is 1. The molecule has 0 spiro atoms. The van der Waals surface area contributed by atoms with Crippen molar-refractivity contribution in [3.8, 4) is 0 Å². The normalized spacial score (nSPS) is 14.4. The zero-order chi connectivity index (χ0) is 17.8. The zero-order valence-corrected chi connectivity index (χ0v) is 14.7. The fraction of sp³-hybridized carbons (Fsp3) is 0.438. The number of nitro benzene ring substituents is 1. The van der Waals surface area contributed by atoms with Gasteiger partial charge in [-0.3, -0.25) is 20.2 Å². The van der Waals surface area contributed by atoms with Crippen LogP contribution in [0.25, 0.3) is 0 Å². The van der Waals surface area contributed by atoms with Crippen LogP contribution in [-0.2, 0) is 6.42 Å². The van der Waals surface area contributed by atoms with Crippen LogP contribution in [0.4, 0.5) is 16.5 Å². The van der Waals surface area contributed by atoms with Crippen molar-refractivity contribution in [3.63, 3.8) is 0 Å². The molecule has 132 valence electrons. The first-order chi connectivity index (χ1) is 12.1. The molecule has 0 unspecified atom stereocenters. The van der Waals surface area contributed by atoms with Crippen molar-refractivity contribution < 1.29 is 9.72 Å². The molecule has 1 aromatic heterocycles. The van der Waals surface area contributed by atoms with E-state index >= 15 is 0 Å². The maximum absolute atomic E-state index is 12.7. The Bertz CT molecular complexity index is 786. The number of amides is 1. The van der Waals surface area contributed by atoms with Crippen LogP contribution >= 0.6 is 11.3 Å². The first-order valence-corrected chi connectivity index (χ1v) is 9.07. The van der Waals surface area contributed by atoms with Gasteiger partial charge >= 0.3 is 0 Å². The number of non-ortho nitro benzene ring substituents is 1. The molecule has 1 aliphatic heterocycles. The van der Waals surface area contributed by atoms with Crippen molar-refractivity contribution >= 4 is 33.8 Å². The molecular formula is C16H19N5O3S. The van der Waals surface area contributed by atoms with Crippen molar-refractivity contribution in [2.45, 2.75) is 32.6 Å². The van der Waals surface area contributed by atoms with Crippen molar-refractivity contribution in [1.29, 1.82) is 0 Å². The molecule has 25 heavy (non-hydrogen) atoms. The molecule has 1 amide bonds. The molecule has 0 aliphatic carbocycles. The summed E-state index contributed by atoms with van der Waals surface area (Å²) in [4.78, 5) is 25.5. The second-order valence-electron chi connectivity index (χ2n) is 5.81. The average molecular weight is 361 g/mol. The Labute approximate surface area is 149 Å². The van der Waals surface area contributed by atoms with Crippen LogP contribution in [0.1, 0.15) is 41.6 Å². The van der Waals surface area contributed by atoms with Crippen molar-refractivity contribution in [2.75, 3.05) is 23.3 Å². The minimum absolute atomic E-state index is 0.0996. The molecular weight excluding hydrogens is 342 g/mol. The van der Waals surface area contributed by atoms with E-state index in [-0.39, 0.29) is 5.69 Å². The second kappa shape index (κ2) is 7.56. The van der Waals surface area contributed by atoms with Gasteiger partial charge in [-0.1, -0.05) is 18.3 Å². The number of benzene rings is 1. The van der Waals surface area contributed by atoms with Gasteiger partial charge in [0.25, 0.3) is 11.6 Å². The monoisotopic (exact) mass is 361 g/mol. The van der Waals surface area contributed by atoms with Gasteiger partial charge < -0.3 is 4.90 Å². The molecule has 0 bridgehead atoms. The number of piperidine rings is 1. The van der Waals surface area contributed by atoms with Crippen molar-refractivity contribution in [1.82, 2.24) is 10.2 Å². The van der Waals surface area contributed by atoms with E-state index < -0.39 is 10.8 Å². The SMILES string of the molecule is CCc1nnc(NC(=O)c2cc([N+](=O)[O-])ccc2N2CCCCC2)s1. The highest BCUT2D eigenvalue weighted by molar-refractivity contribution is 7.15. The number of carbonyl (C=O) groups is 1. The van der Waals surface area contributed by atoms with Gasteiger partial charge in [-0.05, 0) is 31.7 Å². The van der Waals surface area contributed by atoms with Crippen molar-refractivity contribution in [2.24, 2.45) is 0 Å². The smallest absolute Gasteiger partial charge is 0.270 e. The van der Waals surface area contributed by atoms with E-state index in [0.29, 0.717) is 10.7 Å². The standard InChI is InChI=1S/C16H19N5O3S/c1-2-14-18-19-16(25-14)17-15(22)12-10-11(21(23)24)6-7-13(12)20-8-4-3-5-9-20/h6-7,10H,2-5,8-9H2,1H3,(H,17,19,22). The number of nitrogens with one attached hydrogen (secondary N) is 1. The van der Waals surface area contributed by atoms with E-state index in [2.05, 4.69) is 20.4 Å². The first kappa shape index (κ1) is 17.3. The number of hydrogen-bond acceptors (Lipinski definition) is 7. The largest absolute Gasteiger partial charge is 0.371 e. The summed E-state index contributed by atoms with van der Waals surface area (Å²) < 4.78 is 0. The molecule has 1 aliphatic rings. The number of aromatic nitrogens is 2. The van der Waals surface area contributed by atoms with Gasteiger partial charge in [0.1, 0.15) is 5.01 Å². The highest BCUT2D eigenvalue weighted by Crippen LogP contribution is 2.29. The van der Waals surface area contributed by atoms with E-state index in [9.17, 15) is 14.9 Å². The number of aryl methyl sites for hydroxylation is 1. The second-order valence-corrected chi connectivity index (χ2v) is 6.88. The van der Waals surface area contributed by atoms with Crippen LogP contribution in [0.15, 0.2) is 18.2 Å². The fourth-order valence-corrected chi connectivity index (χ4v) is 3.52. The summed E-state index contributed by atoms with van der Waals surface area (Å²) in [6.45, 7) is 3.65. The minimum Gasteiger partial charge on any atom is -0.371 e. The average Bonchev–Trinajstić information content (AvgIpc) is 3.09. The highest BCUT2D eigenvalue weighted by atomic mass is 32.1. The molecule has 8 nitrogen and oxygen atoms in total. The summed E-state index contributed by atoms with van der Waals surface area (Å²) in [5, 5.41) is 23.0. The summed E-state index contributed by atoms with van der Waals surface area (Å²) in [6.07, 6.45) is 4.00. The molecule has 2 heterocycles. The molecule has 1 aromatic carbocycles. The van der Waals surface area contributed by atoms with Crippen LogP contribution in [0.5, 0.6) is 0 Å². The Morgan fingerprint density at radius 1 is 1.32 bits per heavy atom. The quantitative estimate of drug-likeness (QED) is 0.648. The van der Waals surface area contributed by atoms with Crippen LogP contribution in [0, 0.1) is 10.1 Å². The Kier molecular flexibility index (Phi) is 5.22. The first-order valence-electron chi connectivity index (χ1n) is 8.25. The molecule has 3 rings (SSSR count). The van der Waals surface area contributed by atoms with Gasteiger partial charge in [-0.2, -0.15) is 0 Å². The lowest BCUT2D eigenvalue weighted by molar-refractivity contribution is -0.384. The Hall–Kier alpha value is -2.55. The maximum Gasteiger partial charge on any atom is 0.270 e. The third-order valence-electron chi connectivity index (χ3n) is 4.12. The summed E-state index contributed by atoms with van der Waals surface area (Å²) in [7, 11) is 0. The summed E-state index contributed by atoms with van der Waals surface area (Å²) in [5.41, 5.74) is 0.921. The van der Waals surface area contributed by atoms with Gasteiger partial charge in [0.15, 0.2) is 0 Å². The van der Waals surface area contributed by atoms with Gasteiger partial charge in [0.2, 0.25) is 5.13 Å². The molecule has 0 atom stereocenters. The summed E-state index contributed by atoms with van der Waals surface area (Å²) in [5.74, 6) is -0.400. The van der Waals surface area contributed by atoms with Gasteiger partial charge in [0, 0.05) is 25.2 Å². The predicted molar refractivity (Wildman–Crippen MR) is 96.4 cm³/mol. The number of nitro groups is 1. The number of rotatable bonds is 5. The molecule has 1 saturated heterocycles. The number of anilines is 2. The third kappa shape index (κ3) is 3.93. The van der Waals surface area contributed by atoms with E-state index in [1.807, 2.05) is 6.92 Å². The van der Waals surface area contributed by atoms with E-state index in [4.69, 9.17) is 0 Å². The molecule has 9 heteroatoms. The highest BCUT2D eigenvalue weighted by Gasteiger charge is 2.22. The van der Waals surface area contributed by atoms with Crippen LogP contribution in [0.2, 0.25) is 0 Å². The Morgan fingerprint density at radius 3 is 2.72 bits per heavy atom. The molecule has 1 fully saturated rings. The molecule has 0 saturated carbocycles. The number of carbonyl (C=O) groups excluding carboxylic acids is 1.